The van der Waals surface area contributed by atoms with Gasteiger partial charge in [-0.2, -0.15) is 0 Å². The van der Waals surface area contributed by atoms with Crippen molar-refractivity contribution in [3.63, 3.8) is 0 Å². The van der Waals surface area contributed by atoms with Crippen LogP contribution in [0.15, 0.2) is 24.3 Å². The van der Waals surface area contributed by atoms with Crippen molar-refractivity contribution in [2.24, 2.45) is 0 Å². The van der Waals surface area contributed by atoms with Crippen LogP contribution in [-0.2, 0) is 0 Å². The highest BCUT2D eigenvalue weighted by Gasteiger charge is 2.18. The van der Waals surface area contributed by atoms with E-state index >= 15 is 0 Å². The van der Waals surface area contributed by atoms with E-state index in [-0.39, 0.29) is 6.10 Å². The summed E-state index contributed by atoms with van der Waals surface area (Å²) in [6.07, 6.45) is 5.06. The third-order valence-electron chi connectivity index (χ3n) is 3.30. The van der Waals surface area contributed by atoms with Gasteiger partial charge in [0.1, 0.15) is 5.75 Å². The van der Waals surface area contributed by atoms with Gasteiger partial charge in [-0.25, -0.2) is 0 Å². The number of aliphatic hydroxyl groups is 1. The molecular formula is C13H18O2. The third-order valence-corrected chi connectivity index (χ3v) is 3.30. The van der Waals surface area contributed by atoms with Crippen LogP contribution in [0.4, 0.5) is 0 Å². The molecule has 2 rings (SSSR count). The molecule has 0 aromatic heterocycles. The summed E-state index contributed by atoms with van der Waals surface area (Å²) < 4.78 is 0. The molecule has 2 N–H and O–H groups in total. The zero-order valence-corrected chi connectivity index (χ0v) is 8.89. The van der Waals surface area contributed by atoms with Gasteiger partial charge >= 0.3 is 0 Å². The molecule has 1 aromatic carbocycles. The third kappa shape index (κ3) is 2.72. The summed E-state index contributed by atoms with van der Waals surface area (Å²) in [6.45, 7) is 0. The van der Waals surface area contributed by atoms with Crippen molar-refractivity contribution in [1.29, 1.82) is 0 Å². The van der Waals surface area contributed by atoms with Crippen molar-refractivity contribution in [3.8, 4) is 5.75 Å². The lowest BCUT2D eigenvalue weighted by molar-refractivity contribution is 0.157. The molecule has 82 valence electrons. The predicted octanol–water partition coefficient (Wildman–Crippen LogP) is 2.80. The molecule has 1 aliphatic carbocycles. The molecule has 1 fully saturated rings. The first-order chi connectivity index (χ1) is 7.25. The lowest BCUT2D eigenvalue weighted by Crippen LogP contribution is -2.03. The molecule has 0 saturated heterocycles. The maximum Gasteiger partial charge on any atom is 0.115 e. The number of phenols is 1. The maximum atomic E-state index is 9.56. The van der Waals surface area contributed by atoms with Crippen LogP contribution in [0.1, 0.15) is 43.6 Å². The smallest absolute Gasteiger partial charge is 0.115 e. The van der Waals surface area contributed by atoms with Gasteiger partial charge in [0.2, 0.25) is 0 Å². The van der Waals surface area contributed by atoms with Crippen molar-refractivity contribution < 1.29 is 10.2 Å². The Bertz CT molecular complexity index is 305. The van der Waals surface area contributed by atoms with Crippen molar-refractivity contribution in [2.45, 2.75) is 44.1 Å². The Hall–Kier alpha value is -1.02. The molecule has 1 saturated carbocycles. The molecule has 0 heterocycles. The Labute approximate surface area is 90.6 Å². The van der Waals surface area contributed by atoms with E-state index in [0.717, 1.165) is 32.1 Å². The molecule has 15 heavy (non-hydrogen) atoms. The van der Waals surface area contributed by atoms with Gasteiger partial charge < -0.3 is 10.2 Å². The Balaban J connectivity index is 2.06. The Morgan fingerprint density at radius 3 is 2.40 bits per heavy atom. The summed E-state index contributed by atoms with van der Waals surface area (Å²) in [5.74, 6) is 0.884. The van der Waals surface area contributed by atoms with E-state index in [9.17, 15) is 10.2 Å². The average Bonchev–Trinajstić information content (AvgIpc) is 2.44. The van der Waals surface area contributed by atoms with Gasteiger partial charge in [0.05, 0.1) is 6.10 Å². The number of hydrogen-bond donors (Lipinski definition) is 2. The molecule has 0 spiro atoms. The molecule has 2 nitrogen and oxygen atoms in total. The maximum absolute atomic E-state index is 9.56. The molecule has 1 aromatic rings. The second-order valence-electron chi connectivity index (χ2n) is 4.45. The van der Waals surface area contributed by atoms with Crippen molar-refractivity contribution in [3.05, 3.63) is 29.8 Å². The largest absolute Gasteiger partial charge is 0.508 e. The van der Waals surface area contributed by atoms with Gasteiger partial charge in [-0.05, 0) is 49.3 Å². The zero-order chi connectivity index (χ0) is 10.7. The lowest BCUT2D eigenvalue weighted by Gasteiger charge is -2.14. The Morgan fingerprint density at radius 2 is 1.67 bits per heavy atom. The quantitative estimate of drug-likeness (QED) is 0.694. The van der Waals surface area contributed by atoms with Crippen LogP contribution in [0.25, 0.3) is 0 Å². The minimum atomic E-state index is -0.105. The van der Waals surface area contributed by atoms with Crippen LogP contribution in [0.2, 0.25) is 0 Å². The van der Waals surface area contributed by atoms with Crippen LogP contribution in [0, 0.1) is 0 Å². The molecule has 0 unspecified atom stereocenters. The topological polar surface area (TPSA) is 40.5 Å². The summed E-state index contributed by atoms with van der Waals surface area (Å²) in [7, 11) is 0. The first kappa shape index (κ1) is 10.5. The molecular weight excluding hydrogens is 188 g/mol. The van der Waals surface area contributed by atoms with E-state index in [0.29, 0.717) is 11.7 Å². The van der Waals surface area contributed by atoms with E-state index in [1.165, 1.54) is 5.56 Å². The number of aliphatic hydroxyl groups excluding tert-OH is 1. The Morgan fingerprint density at radius 1 is 0.933 bits per heavy atom. The monoisotopic (exact) mass is 206 g/mol. The fourth-order valence-electron chi connectivity index (χ4n) is 2.36. The number of aromatic hydroxyl groups is 1. The molecule has 2 heteroatoms. The number of benzene rings is 1. The van der Waals surface area contributed by atoms with Gasteiger partial charge in [-0.1, -0.05) is 18.6 Å². The average molecular weight is 206 g/mol. The van der Waals surface area contributed by atoms with Crippen LogP contribution in [-0.4, -0.2) is 16.3 Å². The van der Waals surface area contributed by atoms with Crippen LogP contribution in [0.5, 0.6) is 5.75 Å². The summed E-state index contributed by atoms with van der Waals surface area (Å²) in [5, 5.41) is 18.8. The molecule has 2 atom stereocenters. The highest BCUT2D eigenvalue weighted by Crippen LogP contribution is 2.32. The summed E-state index contributed by atoms with van der Waals surface area (Å²) in [4.78, 5) is 0. The molecule has 0 bridgehead atoms. The van der Waals surface area contributed by atoms with Gasteiger partial charge in [-0.15, -0.1) is 0 Å². The molecule has 1 aliphatic rings. The standard InChI is InChI=1S/C13H18O2/c14-12-3-1-2-10(4-7-12)11-5-8-13(15)9-6-11/h5-6,8-10,12,14-15H,1-4,7H2/t10-,12-/m1/s1. The van der Waals surface area contributed by atoms with Crippen LogP contribution < -0.4 is 0 Å². The fraction of sp³-hybridized carbons (Fsp3) is 0.538. The second-order valence-corrected chi connectivity index (χ2v) is 4.45. The van der Waals surface area contributed by atoms with Crippen molar-refractivity contribution in [2.75, 3.05) is 0 Å². The number of rotatable bonds is 1. The number of hydrogen-bond acceptors (Lipinski definition) is 2. The first-order valence-electron chi connectivity index (χ1n) is 5.72. The van der Waals surface area contributed by atoms with E-state index in [4.69, 9.17) is 0 Å². The normalized spacial score (nSPS) is 27.3. The Kier molecular flexibility index (Phi) is 3.27. The van der Waals surface area contributed by atoms with E-state index in [2.05, 4.69) is 0 Å². The predicted molar refractivity (Wildman–Crippen MR) is 59.9 cm³/mol. The summed E-state index contributed by atoms with van der Waals surface area (Å²) >= 11 is 0. The minimum absolute atomic E-state index is 0.105. The zero-order valence-electron chi connectivity index (χ0n) is 8.89. The number of phenolic OH excluding ortho intramolecular Hbond substituents is 1. The molecule has 0 aliphatic heterocycles. The highest BCUT2D eigenvalue weighted by molar-refractivity contribution is 5.28. The first-order valence-corrected chi connectivity index (χ1v) is 5.72. The summed E-state index contributed by atoms with van der Waals surface area (Å²) in [6, 6.07) is 7.49. The molecule has 0 amide bonds. The summed E-state index contributed by atoms with van der Waals surface area (Å²) in [5.41, 5.74) is 1.29. The van der Waals surface area contributed by atoms with Gasteiger partial charge in [0.15, 0.2) is 0 Å². The van der Waals surface area contributed by atoms with E-state index in [1.54, 1.807) is 12.1 Å². The lowest BCUT2D eigenvalue weighted by atomic mass is 9.92. The fourth-order valence-corrected chi connectivity index (χ4v) is 2.36. The van der Waals surface area contributed by atoms with E-state index < -0.39 is 0 Å². The minimum Gasteiger partial charge on any atom is -0.508 e. The van der Waals surface area contributed by atoms with Crippen LogP contribution in [0.3, 0.4) is 0 Å². The second kappa shape index (κ2) is 4.67. The highest BCUT2D eigenvalue weighted by atomic mass is 16.3. The SMILES string of the molecule is Oc1ccc([C@@H]2CCC[C@@H](O)CC2)cc1. The molecule has 0 radical (unpaired) electrons. The van der Waals surface area contributed by atoms with Crippen molar-refractivity contribution >= 4 is 0 Å². The van der Waals surface area contributed by atoms with Crippen LogP contribution >= 0.6 is 0 Å². The van der Waals surface area contributed by atoms with Gasteiger partial charge in [0.25, 0.3) is 0 Å². The van der Waals surface area contributed by atoms with E-state index in [1.807, 2.05) is 12.1 Å². The van der Waals surface area contributed by atoms with Gasteiger partial charge in [0, 0.05) is 0 Å². The van der Waals surface area contributed by atoms with Gasteiger partial charge in [-0.3, -0.25) is 0 Å². The van der Waals surface area contributed by atoms with Crippen molar-refractivity contribution in [1.82, 2.24) is 0 Å².